The van der Waals surface area contributed by atoms with E-state index in [2.05, 4.69) is 67.1 Å². The van der Waals surface area contributed by atoms with Crippen molar-refractivity contribution in [2.75, 3.05) is 24.3 Å². The molecular weight excluding hydrogens is 504 g/mol. The third kappa shape index (κ3) is 5.18. The Balaban J connectivity index is 1.77. The summed E-state index contributed by atoms with van der Waals surface area (Å²) in [4.78, 5) is 15.5. The first kappa shape index (κ1) is 25.1. The zero-order valence-electron chi connectivity index (χ0n) is 21.2. The van der Waals surface area contributed by atoms with Gasteiger partial charge in [0.05, 0.1) is 11.4 Å². The van der Waals surface area contributed by atoms with E-state index < -0.39 is 12.2 Å². The van der Waals surface area contributed by atoms with E-state index in [4.69, 9.17) is 9.47 Å². The number of rotatable bonds is 5. The summed E-state index contributed by atoms with van der Waals surface area (Å²) < 4.78 is 13.4. The van der Waals surface area contributed by atoms with Crippen LogP contribution in [-0.4, -0.2) is 20.2 Å². The number of hydrogen-bond acceptors (Lipinski definition) is 4. The normalized spacial score (nSPS) is 14.6. The van der Waals surface area contributed by atoms with Gasteiger partial charge in [0, 0.05) is 29.7 Å². The van der Waals surface area contributed by atoms with Gasteiger partial charge >= 0.3 is 6.09 Å². The first-order valence-corrected chi connectivity index (χ1v) is 12.8. The second kappa shape index (κ2) is 10.3. The molecule has 5 nitrogen and oxygen atoms in total. The molecule has 0 saturated carbocycles. The summed E-state index contributed by atoms with van der Waals surface area (Å²) in [5, 5.41) is 3.10. The molecule has 0 bridgehead atoms. The van der Waals surface area contributed by atoms with Gasteiger partial charge in [0.2, 0.25) is 0 Å². The fourth-order valence-electron chi connectivity index (χ4n) is 4.58. The van der Waals surface area contributed by atoms with Gasteiger partial charge in [0.15, 0.2) is 6.10 Å². The minimum Gasteiger partial charge on any atom is -0.486 e. The molecule has 1 N–H and O–H groups in total. The first-order chi connectivity index (χ1) is 16.7. The highest BCUT2D eigenvalue weighted by Crippen LogP contribution is 2.45. The summed E-state index contributed by atoms with van der Waals surface area (Å²) in [6.07, 6.45) is -1.10. The monoisotopic (exact) mass is 536 g/mol. The van der Waals surface area contributed by atoms with Crippen LogP contribution >= 0.6 is 15.9 Å². The first-order valence-electron chi connectivity index (χ1n) is 12.0. The molecule has 1 atom stereocenters. The Morgan fingerprint density at radius 3 is 2.29 bits per heavy atom. The number of fused-ring (bicyclic) bond motifs is 2. The van der Waals surface area contributed by atoms with E-state index in [1.165, 1.54) is 0 Å². The average Bonchev–Trinajstić information content (AvgIpc) is 2.95. The number of halogens is 1. The maximum absolute atomic E-state index is 13.5. The lowest BCUT2D eigenvalue weighted by Crippen LogP contribution is -2.21. The number of nitrogens with one attached hydrogen (secondary N) is 1. The predicted octanol–water partition coefficient (Wildman–Crippen LogP) is 7.99. The molecule has 0 aromatic heterocycles. The zero-order chi connectivity index (χ0) is 25.3. The molecule has 1 unspecified atom stereocenters. The molecule has 0 fully saturated rings. The molecule has 0 spiro atoms. The Labute approximate surface area is 216 Å². The van der Waals surface area contributed by atoms with Gasteiger partial charge in [-0.1, -0.05) is 86.1 Å². The Bertz CT molecular complexity index is 1210. The third-order valence-electron chi connectivity index (χ3n) is 6.36. The highest BCUT2D eigenvalue weighted by atomic mass is 79.9. The van der Waals surface area contributed by atoms with E-state index in [1.54, 1.807) is 0 Å². The number of hydrogen-bond donors (Lipinski definition) is 1. The van der Waals surface area contributed by atoms with Crippen molar-refractivity contribution >= 4 is 33.4 Å². The number of amides is 1. The molecule has 6 heteroatoms. The van der Waals surface area contributed by atoms with Crippen LogP contribution in [0.3, 0.4) is 0 Å². The van der Waals surface area contributed by atoms with Crippen LogP contribution in [0.25, 0.3) is 0 Å². The lowest BCUT2D eigenvalue weighted by molar-refractivity contribution is 0.130. The van der Waals surface area contributed by atoms with Gasteiger partial charge in [-0.05, 0) is 40.7 Å². The van der Waals surface area contributed by atoms with Crippen molar-refractivity contribution in [3.8, 4) is 5.75 Å². The lowest BCUT2D eigenvalue weighted by Gasteiger charge is -2.25. The van der Waals surface area contributed by atoms with Crippen LogP contribution < -0.4 is 15.0 Å². The van der Waals surface area contributed by atoms with E-state index >= 15 is 0 Å². The van der Waals surface area contributed by atoms with Gasteiger partial charge < -0.3 is 14.4 Å². The van der Waals surface area contributed by atoms with Crippen LogP contribution in [0.4, 0.5) is 16.2 Å². The largest absolute Gasteiger partial charge is 0.486 e. The van der Waals surface area contributed by atoms with Gasteiger partial charge in [-0.15, -0.1) is 0 Å². The van der Waals surface area contributed by atoms with E-state index in [9.17, 15) is 4.79 Å². The topological polar surface area (TPSA) is 50.8 Å². The number of carbonyl (C=O) groups excluding carboxylic acids is 1. The average molecular weight is 537 g/mol. The molecule has 4 rings (SSSR count). The Hall–Kier alpha value is -2.99. The van der Waals surface area contributed by atoms with Gasteiger partial charge in [0.1, 0.15) is 12.4 Å². The Kier molecular flexibility index (Phi) is 7.41. The highest BCUT2D eigenvalue weighted by Gasteiger charge is 2.31. The van der Waals surface area contributed by atoms with Gasteiger partial charge in [-0.3, -0.25) is 5.32 Å². The zero-order valence-corrected chi connectivity index (χ0v) is 22.8. The van der Waals surface area contributed by atoms with Crippen molar-refractivity contribution < 1.29 is 14.3 Å². The fraction of sp³-hybridized carbons (Fsp3) is 0.345. The maximum atomic E-state index is 13.5. The Morgan fingerprint density at radius 2 is 1.66 bits per heavy atom. The molecule has 0 saturated heterocycles. The van der Waals surface area contributed by atoms with Crippen LogP contribution in [0.5, 0.6) is 5.75 Å². The van der Waals surface area contributed by atoms with Crippen LogP contribution in [0.15, 0.2) is 59.1 Å². The number of benzene rings is 3. The summed E-state index contributed by atoms with van der Waals surface area (Å²) in [5.74, 6) is 1.24. The second-order valence-corrected chi connectivity index (χ2v) is 10.7. The molecular formula is C29H33BrN2O3. The van der Waals surface area contributed by atoms with Crippen LogP contribution in [0.2, 0.25) is 0 Å². The maximum Gasteiger partial charge on any atom is 0.412 e. The third-order valence-corrected chi connectivity index (χ3v) is 6.82. The highest BCUT2D eigenvalue weighted by molar-refractivity contribution is 9.10. The molecule has 1 aliphatic rings. The van der Waals surface area contributed by atoms with Crippen molar-refractivity contribution in [2.24, 2.45) is 0 Å². The van der Waals surface area contributed by atoms with Crippen molar-refractivity contribution in [3.63, 3.8) is 0 Å². The Morgan fingerprint density at radius 1 is 1.00 bits per heavy atom. The smallest absolute Gasteiger partial charge is 0.412 e. The molecule has 3 aromatic rings. The molecule has 1 aliphatic heterocycles. The molecule has 1 heterocycles. The number of ether oxygens (including phenoxy) is 2. The SMILES string of the molecule is CC(C)c1cccc(C(C)C)c1NC(=O)OC1c2ccccc2COc2c1cc(Br)cc2N(C)C. The standard InChI is InChI=1S/C29H33BrN2O3/c1-17(2)21-12-9-13-22(18(3)4)26(21)31-29(33)35-27-23-11-8-7-10-19(23)16-34-28-24(27)14-20(30)15-25(28)32(5)6/h7-15,17-18,27H,16H2,1-6H3,(H,31,33). The quantitative estimate of drug-likeness (QED) is 0.358. The summed E-state index contributed by atoms with van der Waals surface area (Å²) in [6.45, 7) is 8.92. The molecule has 1 amide bonds. The van der Waals surface area contributed by atoms with Gasteiger partial charge in [-0.2, -0.15) is 0 Å². The van der Waals surface area contributed by atoms with Crippen molar-refractivity contribution in [3.05, 3.63) is 86.9 Å². The summed E-state index contributed by atoms with van der Waals surface area (Å²) >= 11 is 3.64. The summed E-state index contributed by atoms with van der Waals surface area (Å²) in [5.41, 5.74) is 6.67. The van der Waals surface area contributed by atoms with E-state index in [-0.39, 0.29) is 11.8 Å². The summed E-state index contributed by atoms with van der Waals surface area (Å²) in [6, 6.07) is 18.1. The van der Waals surface area contributed by atoms with Crippen molar-refractivity contribution in [1.82, 2.24) is 0 Å². The minimum absolute atomic E-state index is 0.260. The molecule has 0 aliphatic carbocycles. The number of para-hydroxylation sites is 1. The minimum atomic E-state index is -0.617. The van der Waals surface area contributed by atoms with Crippen molar-refractivity contribution in [2.45, 2.75) is 52.2 Å². The van der Waals surface area contributed by atoms with E-state index in [1.807, 2.05) is 55.4 Å². The second-order valence-electron chi connectivity index (χ2n) is 9.76. The van der Waals surface area contributed by atoms with Gasteiger partial charge in [0.25, 0.3) is 0 Å². The van der Waals surface area contributed by atoms with Crippen LogP contribution in [0, 0.1) is 0 Å². The fourth-order valence-corrected chi connectivity index (χ4v) is 5.05. The molecule has 35 heavy (non-hydrogen) atoms. The lowest BCUT2D eigenvalue weighted by atomic mass is 9.93. The van der Waals surface area contributed by atoms with Crippen LogP contribution in [-0.2, 0) is 11.3 Å². The van der Waals surface area contributed by atoms with Crippen molar-refractivity contribution in [1.29, 1.82) is 0 Å². The van der Waals surface area contributed by atoms with Crippen LogP contribution in [0.1, 0.15) is 73.5 Å². The molecule has 3 aromatic carbocycles. The number of nitrogens with zero attached hydrogens (tertiary/aromatic N) is 1. The number of carbonyl (C=O) groups is 1. The van der Waals surface area contributed by atoms with E-state index in [0.717, 1.165) is 49.4 Å². The molecule has 0 radical (unpaired) electrons. The predicted molar refractivity (Wildman–Crippen MR) is 146 cm³/mol. The molecule has 184 valence electrons. The summed E-state index contributed by atoms with van der Waals surface area (Å²) in [7, 11) is 3.95. The van der Waals surface area contributed by atoms with Gasteiger partial charge in [-0.25, -0.2) is 4.79 Å². The van der Waals surface area contributed by atoms with E-state index in [0.29, 0.717) is 6.61 Å². The number of anilines is 2.